The van der Waals surface area contributed by atoms with Crippen molar-refractivity contribution in [2.45, 2.75) is 0 Å². The highest BCUT2D eigenvalue weighted by Gasteiger charge is 2.18. The van der Waals surface area contributed by atoms with Crippen molar-refractivity contribution in [3.63, 3.8) is 0 Å². The number of hydrogen-bond donors (Lipinski definition) is 3. The quantitative estimate of drug-likeness (QED) is 0.705. The summed E-state index contributed by atoms with van der Waals surface area (Å²) in [6.07, 6.45) is 0. The Morgan fingerprint density at radius 3 is 1.85 bits per heavy atom. The molecule has 0 atom stereocenters. The lowest BCUT2D eigenvalue weighted by Crippen LogP contribution is -2.09. The van der Waals surface area contributed by atoms with Crippen molar-refractivity contribution < 1.29 is 19.8 Å². The van der Waals surface area contributed by atoms with Gasteiger partial charge in [-0.3, -0.25) is 0 Å². The van der Waals surface area contributed by atoms with Gasteiger partial charge in [0.1, 0.15) is 0 Å². The van der Waals surface area contributed by atoms with E-state index in [1.54, 1.807) is 12.1 Å². The fraction of sp³-hybridized carbons (Fsp3) is 0. The van der Waals surface area contributed by atoms with Gasteiger partial charge < -0.3 is 15.5 Å². The number of halogens is 1. The van der Waals surface area contributed by atoms with Crippen LogP contribution in [0.1, 0.15) is 20.7 Å². The summed E-state index contributed by atoms with van der Waals surface area (Å²) in [5.74, 6) is -2.36. The standard InChI is InChI=1S/C14H10INO4/c15-8-4-6-9(7-5-8)16-12-10(13(17)18)2-1-3-11(12)14(19)20/h1-7,16H,(H,17,18)(H,19,20). The van der Waals surface area contributed by atoms with Crippen molar-refractivity contribution in [3.8, 4) is 0 Å². The molecule has 0 heterocycles. The van der Waals surface area contributed by atoms with Crippen LogP contribution in [0.3, 0.4) is 0 Å². The highest BCUT2D eigenvalue weighted by Crippen LogP contribution is 2.26. The molecule has 0 aliphatic carbocycles. The monoisotopic (exact) mass is 383 g/mol. The molecule has 0 amide bonds. The summed E-state index contributed by atoms with van der Waals surface area (Å²) in [5, 5.41) is 21.2. The molecule has 0 bridgehead atoms. The van der Waals surface area contributed by atoms with Gasteiger partial charge in [0.25, 0.3) is 0 Å². The largest absolute Gasteiger partial charge is 0.478 e. The van der Waals surface area contributed by atoms with Crippen LogP contribution in [0.5, 0.6) is 0 Å². The average molecular weight is 383 g/mol. The maximum atomic E-state index is 11.2. The van der Waals surface area contributed by atoms with E-state index in [2.05, 4.69) is 27.9 Å². The maximum Gasteiger partial charge on any atom is 0.337 e. The van der Waals surface area contributed by atoms with Crippen LogP contribution in [0.4, 0.5) is 11.4 Å². The third-order valence-electron chi connectivity index (χ3n) is 2.64. The minimum absolute atomic E-state index is 0.0775. The average Bonchev–Trinajstić information content (AvgIpc) is 2.41. The van der Waals surface area contributed by atoms with Crippen molar-refractivity contribution in [1.82, 2.24) is 0 Å². The molecule has 2 rings (SSSR count). The molecule has 0 aliphatic heterocycles. The Bertz CT molecular complexity index is 635. The number of anilines is 2. The van der Waals surface area contributed by atoms with Gasteiger partial charge >= 0.3 is 11.9 Å². The second-order valence-corrected chi connectivity index (χ2v) is 5.22. The van der Waals surface area contributed by atoms with E-state index in [0.717, 1.165) is 3.57 Å². The number of carboxylic acids is 2. The van der Waals surface area contributed by atoms with Crippen LogP contribution < -0.4 is 5.32 Å². The molecule has 0 saturated heterocycles. The minimum Gasteiger partial charge on any atom is -0.478 e. The fourth-order valence-corrected chi connectivity index (χ4v) is 2.08. The normalized spacial score (nSPS) is 10.1. The topological polar surface area (TPSA) is 86.6 Å². The molecule has 0 aliphatic rings. The Hall–Kier alpha value is -2.09. The summed E-state index contributed by atoms with van der Waals surface area (Å²) in [6.45, 7) is 0. The van der Waals surface area contributed by atoms with Crippen LogP contribution in [-0.2, 0) is 0 Å². The molecule has 0 fully saturated rings. The number of carbonyl (C=O) groups is 2. The van der Waals surface area contributed by atoms with Crippen LogP contribution >= 0.6 is 22.6 Å². The number of nitrogens with one attached hydrogen (secondary N) is 1. The van der Waals surface area contributed by atoms with Crippen LogP contribution in [0.25, 0.3) is 0 Å². The molecule has 3 N–H and O–H groups in total. The Balaban J connectivity index is 2.50. The van der Waals surface area contributed by atoms with Crippen molar-refractivity contribution >= 4 is 45.9 Å². The van der Waals surface area contributed by atoms with Crippen LogP contribution in [0.2, 0.25) is 0 Å². The Kier molecular flexibility index (Phi) is 4.23. The van der Waals surface area contributed by atoms with Crippen molar-refractivity contribution in [2.75, 3.05) is 5.32 Å². The number of aromatic carboxylic acids is 2. The third kappa shape index (κ3) is 3.08. The van der Waals surface area contributed by atoms with Crippen molar-refractivity contribution in [2.24, 2.45) is 0 Å². The maximum absolute atomic E-state index is 11.2. The first-order valence-corrected chi connectivity index (χ1v) is 6.69. The zero-order valence-electron chi connectivity index (χ0n) is 10.1. The lowest BCUT2D eigenvalue weighted by Gasteiger charge is -2.12. The molecule has 102 valence electrons. The Labute approximate surface area is 128 Å². The van der Waals surface area contributed by atoms with E-state index in [-0.39, 0.29) is 16.8 Å². The second kappa shape index (κ2) is 5.91. The van der Waals surface area contributed by atoms with Crippen molar-refractivity contribution in [1.29, 1.82) is 0 Å². The molecule has 2 aromatic rings. The third-order valence-corrected chi connectivity index (χ3v) is 3.36. The Morgan fingerprint density at radius 2 is 1.40 bits per heavy atom. The van der Waals surface area contributed by atoms with Crippen LogP contribution in [0.15, 0.2) is 42.5 Å². The van der Waals surface area contributed by atoms with E-state index in [9.17, 15) is 9.59 Å². The molecule has 6 heteroatoms. The van der Waals surface area contributed by atoms with Crippen LogP contribution in [0, 0.1) is 3.57 Å². The summed E-state index contributed by atoms with van der Waals surface area (Å²) in [6, 6.07) is 11.3. The zero-order valence-corrected chi connectivity index (χ0v) is 12.3. The van der Waals surface area contributed by atoms with Gasteiger partial charge in [0.15, 0.2) is 0 Å². The molecule has 0 aromatic heterocycles. The SMILES string of the molecule is O=C(O)c1cccc(C(=O)O)c1Nc1ccc(I)cc1. The molecular formula is C14H10INO4. The number of para-hydroxylation sites is 1. The summed E-state index contributed by atoms with van der Waals surface area (Å²) in [5.41, 5.74) is 0.544. The molecule has 5 nitrogen and oxygen atoms in total. The number of benzene rings is 2. The van der Waals surface area contributed by atoms with Gasteiger partial charge in [-0.2, -0.15) is 0 Å². The molecule has 0 spiro atoms. The summed E-state index contributed by atoms with van der Waals surface area (Å²) in [7, 11) is 0. The lowest BCUT2D eigenvalue weighted by molar-refractivity contribution is 0.0696. The zero-order chi connectivity index (χ0) is 14.7. The number of carboxylic acid groups (broad SMARTS) is 2. The predicted molar refractivity (Wildman–Crippen MR) is 82.8 cm³/mol. The second-order valence-electron chi connectivity index (χ2n) is 3.97. The number of rotatable bonds is 4. The van der Waals surface area contributed by atoms with Gasteiger partial charge in [0.05, 0.1) is 16.8 Å². The smallest absolute Gasteiger partial charge is 0.337 e. The fourth-order valence-electron chi connectivity index (χ4n) is 1.72. The van der Waals surface area contributed by atoms with Gasteiger partial charge in [-0.15, -0.1) is 0 Å². The van der Waals surface area contributed by atoms with Crippen molar-refractivity contribution in [3.05, 3.63) is 57.2 Å². The number of hydrogen-bond acceptors (Lipinski definition) is 3. The van der Waals surface area contributed by atoms with E-state index >= 15 is 0 Å². The van der Waals surface area contributed by atoms with Crippen LogP contribution in [-0.4, -0.2) is 22.2 Å². The van der Waals surface area contributed by atoms with Gasteiger partial charge in [-0.1, -0.05) is 6.07 Å². The summed E-state index contributed by atoms with van der Waals surface area (Å²) >= 11 is 2.15. The predicted octanol–water partition coefficient (Wildman–Crippen LogP) is 3.43. The molecule has 0 saturated carbocycles. The Morgan fingerprint density at radius 1 is 0.900 bits per heavy atom. The van der Waals surface area contributed by atoms with Gasteiger partial charge in [0.2, 0.25) is 0 Å². The molecular weight excluding hydrogens is 373 g/mol. The lowest BCUT2D eigenvalue weighted by atomic mass is 10.1. The highest BCUT2D eigenvalue weighted by molar-refractivity contribution is 14.1. The summed E-state index contributed by atoms with van der Waals surface area (Å²) < 4.78 is 1.03. The highest BCUT2D eigenvalue weighted by atomic mass is 127. The molecule has 2 aromatic carbocycles. The molecule has 0 unspecified atom stereocenters. The minimum atomic E-state index is -1.18. The molecule has 0 radical (unpaired) electrons. The van der Waals surface area contributed by atoms with E-state index < -0.39 is 11.9 Å². The first kappa shape index (κ1) is 14.3. The van der Waals surface area contributed by atoms with Gasteiger partial charge in [0, 0.05) is 9.26 Å². The van der Waals surface area contributed by atoms with Gasteiger partial charge in [-0.05, 0) is 59.0 Å². The van der Waals surface area contributed by atoms with E-state index in [1.165, 1.54) is 18.2 Å². The van der Waals surface area contributed by atoms with E-state index in [1.807, 2.05) is 12.1 Å². The van der Waals surface area contributed by atoms with E-state index in [4.69, 9.17) is 10.2 Å². The first-order valence-electron chi connectivity index (χ1n) is 5.61. The van der Waals surface area contributed by atoms with Gasteiger partial charge in [-0.25, -0.2) is 9.59 Å². The summed E-state index contributed by atoms with van der Waals surface area (Å²) in [4.78, 5) is 22.4. The molecule has 20 heavy (non-hydrogen) atoms. The van der Waals surface area contributed by atoms with E-state index in [0.29, 0.717) is 5.69 Å². The first-order chi connectivity index (χ1) is 9.49.